The van der Waals surface area contributed by atoms with E-state index < -0.39 is 53.3 Å². The number of halogens is 3. The summed E-state index contributed by atoms with van der Waals surface area (Å²) in [4.78, 5) is 50.3. The minimum Gasteiger partial charge on any atom is -0.398 e. The predicted octanol–water partition coefficient (Wildman–Crippen LogP) is 23.0. The van der Waals surface area contributed by atoms with Crippen LogP contribution in [0.5, 0.6) is 0 Å². The fraction of sp³-hybridized carbons (Fsp3) is 0.545. The van der Waals surface area contributed by atoms with E-state index in [0.29, 0.717) is 61.3 Å². The van der Waals surface area contributed by atoms with Crippen molar-refractivity contribution in [3.05, 3.63) is 238 Å². The van der Waals surface area contributed by atoms with E-state index in [0.717, 1.165) is 94.3 Å². The fourth-order valence-corrected chi connectivity index (χ4v) is 33.9. The standard InChI is InChI=1S/C20H31NO3S.C18H30N2O3S.4C13H18NS.C13H21N.C7H5F3N2O3S/c1-2-3-4-5-6-7-12-20(22)21-25(23,24)19-15-13-18(14-16-19)17-10-8-9-11-17;1-4-5-6-7-8-9-10-18(21)19-24(22,23)17-13-11-16(12-14-17)15-20(2)3;4*1-14-10-13(15-8-4-5-9-15)11-6-2-3-7-12(11)14;1-8(2)11-6-10(5)7-12(9(3)4)13(11)14;8-7(9,10)16(14,15)12-6(13)5-2-1-3-11-4-5/h13-17H,2-12H2,1H3,(H,21,22);11-14H,4-10,15H2,1-3H3,(H,19,21);4*2-3,6-7,13H,4-5,8-10H2,1H3;6-9H,14H2,1-5H3;1-4H,(H,12,13)/q;;4*+1;;. The number of aryl methyl sites for hydroxylation is 1. The molecule has 4 unspecified atom stereocenters. The number of nitrogens with one attached hydrogen (secondary N) is 3. The third-order valence-electron chi connectivity index (χ3n) is 27.2. The van der Waals surface area contributed by atoms with Gasteiger partial charge in [0, 0.05) is 111 Å². The van der Waals surface area contributed by atoms with Crippen molar-refractivity contribution in [1.29, 1.82) is 0 Å². The van der Waals surface area contributed by atoms with E-state index in [9.17, 15) is 52.8 Å². The normalized spacial score (nSPS) is 18.5. The Morgan fingerprint density at radius 3 is 1.08 bits per heavy atom. The molecule has 1 aromatic heterocycles. The molecule has 7 aromatic carbocycles. The minimum atomic E-state index is -5.67. The van der Waals surface area contributed by atoms with Crippen LogP contribution in [0.25, 0.3) is 0 Å². The molecule has 0 radical (unpaired) electrons. The molecule has 17 rings (SSSR count). The van der Waals surface area contributed by atoms with E-state index in [2.05, 4.69) is 220 Å². The summed E-state index contributed by atoms with van der Waals surface area (Å²) < 4.78 is 111. The van der Waals surface area contributed by atoms with Crippen LogP contribution >= 0.6 is 0 Å². The van der Waals surface area contributed by atoms with Crippen molar-refractivity contribution in [2.24, 2.45) is 0 Å². The molecule has 5 N–H and O–H groups in total. The van der Waals surface area contributed by atoms with Gasteiger partial charge in [0.05, 0.1) is 41.5 Å². The van der Waals surface area contributed by atoms with E-state index in [4.69, 9.17) is 5.73 Å². The molecule has 4 saturated heterocycles. The Morgan fingerprint density at radius 2 is 0.770 bits per heavy atom. The Kier molecular flexibility index (Phi) is 45.4. The number of carbonyl (C=O) groups is 3. The molecule has 139 heavy (non-hydrogen) atoms. The van der Waals surface area contributed by atoms with Crippen molar-refractivity contribution >= 4 is 120 Å². The third kappa shape index (κ3) is 33.9. The fourth-order valence-electron chi connectivity index (χ4n) is 19.7. The van der Waals surface area contributed by atoms with E-state index in [-0.39, 0.29) is 28.2 Å². The Labute approximate surface area is 843 Å². The lowest BCUT2D eigenvalue weighted by Crippen LogP contribution is -2.40. The van der Waals surface area contributed by atoms with Gasteiger partial charge < -0.3 is 30.2 Å². The lowest BCUT2D eigenvalue weighted by molar-refractivity contribution is -0.120. The number of para-hydroxylation sites is 4. The van der Waals surface area contributed by atoms with Crippen molar-refractivity contribution < 1.29 is 52.8 Å². The molecule has 8 aliphatic heterocycles. The van der Waals surface area contributed by atoms with Crippen LogP contribution < -0.4 is 39.5 Å². The number of carbonyl (C=O) groups excluding carboxylic acids is 3. The number of likely N-dealkylation sites (N-methyl/N-ethyl adjacent to an activating group) is 4. The van der Waals surface area contributed by atoms with Crippen LogP contribution in [0.3, 0.4) is 0 Å². The molecule has 4 atom stereocenters. The van der Waals surface area contributed by atoms with Gasteiger partial charge in [-0.3, -0.25) is 19.4 Å². The maximum absolute atomic E-state index is 12.3. The highest BCUT2D eigenvalue weighted by atomic mass is 32.2. The molecule has 3 amide bonds. The highest BCUT2D eigenvalue weighted by molar-refractivity contribution is 7.98. The molecule has 0 bridgehead atoms. The number of nitrogen functional groups attached to an aromatic ring is 1. The summed E-state index contributed by atoms with van der Waals surface area (Å²) in [5, 5.41) is 3.37. The Bertz CT molecular complexity index is 5170. The average Bonchev–Trinajstić information content (AvgIpc) is 1.48. The van der Waals surface area contributed by atoms with Crippen molar-refractivity contribution in [2.45, 2.75) is 276 Å². The summed E-state index contributed by atoms with van der Waals surface area (Å²) in [6.45, 7) is 21.0. The van der Waals surface area contributed by atoms with Crippen LogP contribution in [0.2, 0.25) is 0 Å². The van der Waals surface area contributed by atoms with Crippen molar-refractivity contribution in [3.8, 4) is 0 Å². The van der Waals surface area contributed by atoms with Gasteiger partial charge in [-0.2, -0.15) is 21.6 Å². The van der Waals surface area contributed by atoms with E-state index in [1.54, 1.807) is 58.7 Å². The first kappa shape index (κ1) is 113. The zero-order valence-corrected chi connectivity index (χ0v) is 90.6. The Hall–Kier alpha value is -7.90. The lowest BCUT2D eigenvalue weighted by Gasteiger charge is -2.17. The lowest BCUT2D eigenvalue weighted by atomic mass is 9.91. The number of sulfonamides is 3. The zero-order chi connectivity index (χ0) is 100. The van der Waals surface area contributed by atoms with Gasteiger partial charge in [-0.15, -0.1) is 0 Å². The number of nitrogens with two attached hydrogens (primary N) is 1. The number of anilines is 5. The van der Waals surface area contributed by atoms with Gasteiger partial charge in [0.2, 0.25) is 11.8 Å². The highest BCUT2D eigenvalue weighted by Gasteiger charge is 2.48. The first-order valence-electron chi connectivity index (χ1n) is 50.7. The monoisotopic (exact) mass is 2050 g/mol. The molecule has 19 nitrogen and oxygen atoms in total. The number of amides is 3. The van der Waals surface area contributed by atoms with Gasteiger partial charge in [0.1, 0.15) is 46.0 Å². The molecule has 8 aromatic rings. The molecule has 29 heteroatoms. The second kappa shape index (κ2) is 55.8. The maximum atomic E-state index is 12.3. The molecular formula is C110H159F3N10O9S7+4. The van der Waals surface area contributed by atoms with Crippen LogP contribution in [-0.4, -0.2) is 173 Å². The number of benzene rings is 7. The predicted molar refractivity (Wildman–Crippen MR) is 584 cm³/mol. The molecule has 9 heterocycles. The van der Waals surface area contributed by atoms with Gasteiger partial charge in [-0.05, 0) is 242 Å². The maximum Gasteiger partial charge on any atom is 0.516 e. The second-order valence-corrected chi connectivity index (χ2v) is 54.0. The van der Waals surface area contributed by atoms with Crippen LogP contribution in [-0.2, 0) is 89.8 Å². The molecule has 9 aliphatic rings. The minimum absolute atomic E-state index is 0.126. The number of hydrogen-bond acceptors (Lipinski definition) is 16. The number of alkyl halides is 3. The summed E-state index contributed by atoms with van der Waals surface area (Å²) in [7, 11) is 2.34. The molecule has 0 spiro atoms. The number of nitrogens with zero attached hydrogens (tertiary/aromatic N) is 6. The van der Waals surface area contributed by atoms with Crippen molar-refractivity contribution in [2.75, 3.05) is 140 Å². The number of fused-ring (bicyclic) bond motifs is 4. The highest BCUT2D eigenvalue weighted by Crippen LogP contribution is 2.46. The molecule has 762 valence electrons. The van der Waals surface area contributed by atoms with Gasteiger partial charge in [-0.25, -0.2) is 31.0 Å². The van der Waals surface area contributed by atoms with Crippen LogP contribution in [0.15, 0.2) is 192 Å². The summed E-state index contributed by atoms with van der Waals surface area (Å²) in [6.07, 6.45) is 32.1. The second-order valence-electron chi connectivity index (χ2n) is 39.1. The molecule has 5 fully saturated rings. The molecule has 1 saturated carbocycles. The van der Waals surface area contributed by atoms with E-state index >= 15 is 0 Å². The number of rotatable bonds is 29. The smallest absolute Gasteiger partial charge is 0.398 e. The summed E-state index contributed by atoms with van der Waals surface area (Å²) in [5.74, 6) is 11.2. The van der Waals surface area contributed by atoms with Crippen LogP contribution in [0, 0.1) is 6.92 Å². The Morgan fingerprint density at radius 1 is 0.446 bits per heavy atom. The van der Waals surface area contributed by atoms with Crippen molar-refractivity contribution in [3.63, 3.8) is 0 Å². The SMILES string of the molecule is CCCCCCCCC(=O)NS(=O)(=O)c1ccc(C2CCCC2)cc1.CCCCCCCCC(=O)NS(=O)(=O)c1ccc(CN(C)C)cc1.CN1CC([S+]2CCCC2)c2ccccc21.CN1CC([S+]2CCCC2)c2ccccc21.CN1CC([S+]2CCCC2)c2ccccc21.CN1CC([S+]2CCCC2)c2ccccc21.Cc1cc(C(C)C)c(N)c(C(C)C)c1.O=C(NS(=O)(=O)C(F)(F)F)c1cccnc1. The Balaban J connectivity index is 0.000000165. The van der Waals surface area contributed by atoms with Gasteiger partial charge in [-0.1, -0.05) is 233 Å². The summed E-state index contributed by atoms with van der Waals surface area (Å²) in [5.41, 5.74) is 19.8. The zero-order valence-electron chi connectivity index (χ0n) is 84.9. The third-order valence-corrected chi connectivity index (χ3v) is 42.4. The molecule has 1 aliphatic carbocycles. The van der Waals surface area contributed by atoms with Gasteiger partial charge >= 0.3 is 15.5 Å². The van der Waals surface area contributed by atoms with E-state index in [1.807, 2.05) is 31.1 Å². The number of hydrogen-bond donors (Lipinski definition) is 4. The first-order valence-corrected chi connectivity index (χ1v) is 61.7. The number of aromatic nitrogens is 1. The summed E-state index contributed by atoms with van der Waals surface area (Å²) >= 11 is 0. The van der Waals surface area contributed by atoms with Crippen LogP contribution in [0.1, 0.15) is 308 Å². The average molecular weight is 2050 g/mol. The first-order chi connectivity index (χ1) is 66.5. The quantitative estimate of drug-likeness (QED) is 0.0193. The molecular weight excluding hydrogens is 1890 g/mol. The van der Waals surface area contributed by atoms with Crippen molar-refractivity contribution in [1.82, 2.24) is 24.1 Å². The van der Waals surface area contributed by atoms with Gasteiger partial charge in [0.25, 0.3) is 26.0 Å². The topological polar surface area (TPSA) is 245 Å². The largest absolute Gasteiger partial charge is 0.516 e. The van der Waals surface area contributed by atoms with Crippen LogP contribution in [0.4, 0.5) is 41.6 Å². The van der Waals surface area contributed by atoms with E-state index in [1.165, 1.54) is 245 Å². The number of pyridine rings is 1. The summed E-state index contributed by atoms with van der Waals surface area (Å²) in [6, 6.07) is 56.4. The van der Waals surface area contributed by atoms with Gasteiger partial charge in [0.15, 0.2) is 21.0 Å². The number of unbranched alkanes of at least 4 members (excludes halogenated alkanes) is 10.